The molecule has 9 nitrogen and oxygen atoms in total. The number of ether oxygens (including phenoxy) is 1. The highest BCUT2D eigenvalue weighted by Gasteiger charge is 2.25. The van der Waals surface area contributed by atoms with E-state index in [4.69, 9.17) is 10.5 Å². The molecule has 0 spiro atoms. The minimum atomic E-state index is -0.0700. The molecule has 1 aromatic carbocycles. The summed E-state index contributed by atoms with van der Waals surface area (Å²) in [5.74, 6) is 2.18. The number of nitrogens with two attached hydrogens (primary N) is 1. The van der Waals surface area contributed by atoms with Crippen molar-refractivity contribution in [2.75, 3.05) is 18.9 Å². The fourth-order valence-corrected chi connectivity index (χ4v) is 3.90. The van der Waals surface area contributed by atoms with Gasteiger partial charge in [0.15, 0.2) is 5.65 Å². The van der Waals surface area contributed by atoms with Gasteiger partial charge in [-0.1, -0.05) is 13.8 Å². The Balaban J connectivity index is 1.38. The highest BCUT2D eigenvalue weighted by atomic mass is 16.5. The van der Waals surface area contributed by atoms with Gasteiger partial charge < -0.3 is 20.8 Å². The van der Waals surface area contributed by atoms with Crippen LogP contribution in [0.25, 0.3) is 22.4 Å². The van der Waals surface area contributed by atoms with Crippen molar-refractivity contribution in [1.29, 1.82) is 0 Å². The van der Waals surface area contributed by atoms with E-state index in [1.165, 1.54) is 0 Å². The number of pyridine rings is 1. The first kappa shape index (κ1) is 20.9. The van der Waals surface area contributed by atoms with Gasteiger partial charge in [-0.25, -0.2) is 19.9 Å². The van der Waals surface area contributed by atoms with E-state index in [1.54, 1.807) is 24.5 Å². The molecule has 1 atom stereocenters. The van der Waals surface area contributed by atoms with Crippen molar-refractivity contribution in [3.8, 4) is 17.0 Å². The number of anilines is 1. The zero-order chi connectivity index (χ0) is 22.9. The quantitative estimate of drug-likeness (QED) is 0.432. The van der Waals surface area contributed by atoms with E-state index in [-0.39, 0.29) is 17.8 Å². The normalized spacial score (nSPS) is 15.3. The van der Waals surface area contributed by atoms with Crippen molar-refractivity contribution in [3.05, 3.63) is 59.7 Å². The number of carbonyl (C=O) groups is 1. The number of imidazole rings is 1. The number of nitrogens with zero attached hydrogens (tertiary/aromatic N) is 4. The number of rotatable bonds is 5. The summed E-state index contributed by atoms with van der Waals surface area (Å²) in [6.45, 7) is 5.28. The van der Waals surface area contributed by atoms with E-state index in [1.807, 2.05) is 18.2 Å². The first-order valence-electron chi connectivity index (χ1n) is 10.9. The Morgan fingerprint density at radius 1 is 1.24 bits per heavy atom. The first-order chi connectivity index (χ1) is 16.0. The Kier molecular flexibility index (Phi) is 5.37. The molecule has 0 saturated heterocycles. The summed E-state index contributed by atoms with van der Waals surface area (Å²) in [6, 6.07) is 9.33. The molecule has 0 fully saturated rings. The molecule has 9 heteroatoms. The third-order valence-corrected chi connectivity index (χ3v) is 5.61. The van der Waals surface area contributed by atoms with Crippen LogP contribution >= 0.6 is 0 Å². The molecule has 1 amide bonds. The molecule has 3 aromatic heterocycles. The number of hydrogen-bond acceptors (Lipinski definition) is 7. The molecule has 0 radical (unpaired) electrons. The van der Waals surface area contributed by atoms with Gasteiger partial charge in [0, 0.05) is 30.1 Å². The third-order valence-electron chi connectivity index (χ3n) is 5.61. The van der Waals surface area contributed by atoms with Gasteiger partial charge in [0.05, 0.1) is 23.7 Å². The zero-order valence-corrected chi connectivity index (χ0v) is 18.5. The lowest BCUT2D eigenvalue weighted by Crippen LogP contribution is -2.28. The van der Waals surface area contributed by atoms with Crippen LogP contribution in [0, 0.1) is 5.92 Å². The Hall–Kier alpha value is -4.01. The van der Waals surface area contributed by atoms with Crippen molar-refractivity contribution in [2.24, 2.45) is 5.92 Å². The molecular weight excluding hydrogens is 418 g/mol. The average Bonchev–Trinajstić information content (AvgIpc) is 3.25. The van der Waals surface area contributed by atoms with Gasteiger partial charge in [-0.2, -0.15) is 0 Å². The Morgan fingerprint density at radius 2 is 2.12 bits per heavy atom. The molecule has 0 bridgehead atoms. The van der Waals surface area contributed by atoms with Gasteiger partial charge in [0.2, 0.25) is 5.95 Å². The minimum Gasteiger partial charge on any atom is -0.493 e. The molecule has 4 N–H and O–H groups in total. The summed E-state index contributed by atoms with van der Waals surface area (Å²) in [7, 11) is 0. The number of nitrogens with one attached hydrogen (secondary N) is 2. The van der Waals surface area contributed by atoms with Crippen LogP contribution in [0.1, 0.15) is 41.5 Å². The summed E-state index contributed by atoms with van der Waals surface area (Å²) in [6.07, 6.45) is 4.06. The SMILES string of the molecule is CC(C)CNC(=O)c1ccc2c(c1)CC(c1nc3ncc(-c4ccnc(N)n4)cc3[nH]1)CO2. The van der Waals surface area contributed by atoms with Crippen LogP contribution in [0.5, 0.6) is 5.75 Å². The average molecular weight is 444 g/mol. The maximum Gasteiger partial charge on any atom is 0.251 e. The van der Waals surface area contributed by atoms with Gasteiger partial charge in [-0.05, 0) is 48.2 Å². The van der Waals surface area contributed by atoms with Crippen molar-refractivity contribution >= 4 is 23.0 Å². The summed E-state index contributed by atoms with van der Waals surface area (Å²) >= 11 is 0. The lowest BCUT2D eigenvalue weighted by Gasteiger charge is -2.24. The molecular formula is C24H25N7O2. The molecule has 4 heterocycles. The number of benzene rings is 1. The third kappa shape index (κ3) is 4.34. The van der Waals surface area contributed by atoms with Crippen LogP contribution in [-0.4, -0.2) is 44.0 Å². The van der Waals surface area contributed by atoms with E-state index in [0.29, 0.717) is 36.0 Å². The summed E-state index contributed by atoms with van der Waals surface area (Å²) in [5, 5.41) is 2.96. The van der Waals surface area contributed by atoms with Gasteiger partial charge >= 0.3 is 0 Å². The molecule has 33 heavy (non-hydrogen) atoms. The fraction of sp³-hybridized carbons (Fsp3) is 0.292. The van der Waals surface area contributed by atoms with Crippen molar-refractivity contribution in [3.63, 3.8) is 0 Å². The van der Waals surface area contributed by atoms with E-state index in [9.17, 15) is 4.79 Å². The molecule has 5 rings (SSSR count). The van der Waals surface area contributed by atoms with Gasteiger partial charge in [-0.3, -0.25) is 4.79 Å². The second-order valence-electron chi connectivity index (χ2n) is 8.66. The second-order valence-corrected chi connectivity index (χ2v) is 8.66. The Bertz CT molecular complexity index is 1330. The van der Waals surface area contributed by atoms with Gasteiger partial charge in [-0.15, -0.1) is 0 Å². The molecule has 0 saturated carbocycles. The first-order valence-corrected chi connectivity index (χ1v) is 10.9. The number of H-pyrrole nitrogens is 1. The molecule has 168 valence electrons. The summed E-state index contributed by atoms with van der Waals surface area (Å²) in [5.41, 5.74) is 10.3. The van der Waals surface area contributed by atoms with Crippen LogP contribution in [-0.2, 0) is 6.42 Å². The molecule has 0 aliphatic carbocycles. The van der Waals surface area contributed by atoms with Crippen LogP contribution in [0.15, 0.2) is 42.7 Å². The maximum atomic E-state index is 12.5. The number of aromatic amines is 1. The van der Waals surface area contributed by atoms with Crippen molar-refractivity contribution in [1.82, 2.24) is 30.2 Å². The predicted octanol–water partition coefficient (Wildman–Crippen LogP) is 3.10. The monoisotopic (exact) mass is 443 g/mol. The van der Waals surface area contributed by atoms with Gasteiger partial charge in [0.25, 0.3) is 5.91 Å². The number of amides is 1. The van der Waals surface area contributed by atoms with Crippen molar-refractivity contribution < 1.29 is 9.53 Å². The fourth-order valence-electron chi connectivity index (χ4n) is 3.90. The second kappa shape index (κ2) is 8.50. The summed E-state index contributed by atoms with van der Waals surface area (Å²) < 4.78 is 5.98. The Morgan fingerprint density at radius 3 is 2.94 bits per heavy atom. The predicted molar refractivity (Wildman–Crippen MR) is 125 cm³/mol. The number of fused-ring (bicyclic) bond motifs is 2. The standard InChI is InChI=1S/C24H25N7O2/c1-13(2)10-28-23(32)14-3-4-20-15(7-14)8-17(12-33-20)21-29-19-9-16(11-27-22(19)31-21)18-5-6-26-24(25)30-18/h3-7,9,11,13,17H,8,10,12H2,1-2H3,(H,28,32)(H2,25,26,30)(H,27,29,31). The minimum absolute atomic E-state index is 0.0267. The van der Waals surface area contributed by atoms with E-state index in [0.717, 1.165) is 34.6 Å². The number of aromatic nitrogens is 5. The van der Waals surface area contributed by atoms with Crippen LogP contribution in [0.2, 0.25) is 0 Å². The molecule has 1 unspecified atom stereocenters. The largest absolute Gasteiger partial charge is 0.493 e. The molecule has 1 aliphatic heterocycles. The number of carbonyl (C=O) groups excluding carboxylic acids is 1. The maximum absolute atomic E-state index is 12.5. The zero-order valence-electron chi connectivity index (χ0n) is 18.5. The van der Waals surface area contributed by atoms with Crippen LogP contribution in [0.4, 0.5) is 5.95 Å². The van der Waals surface area contributed by atoms with Crippen molar-refractivity contribution in [2.45, 2.75) is 26.2 Å². The van der Waals surface area contributed by atoms with Gasteiger partial charge in [0.1, 0.15) is 11.6 Å². The number of nitrogen functional groups attached to an aromatic ring is 1. The number of hydrogen-bond donors (Lipinski definition) is 3. The smallest absolute Gasteiger partial charge is 0.251 e. The topological polar surface area (TPSA) is 132 Å². The summed E-state index contributed by atoms with van der Waals surface area (Å²) in [4.78, 5) is 33.2. The lowest BCUT2D eigenvalue weighted by molar-refractivity contribution is 0.0948. The molecule has 4 aromatic rings. The highest BCUT2D eigenvalue weighted by molar-refractivity contribution is 5.94. The Labute approximate surface area is 190 Å². The molecule has 1 aliphatic rings. The van der Waals surface area contributed by atoms with E-state index < -0.39 is 0 Å². The highest BCUT2D eigenvalue weighted by Crippen LogP contribution is 2.33. The van der Waals surface area contributed by atoms with Crippen LogP contribution < -0.4 is 15.8 Å². The lowest BCUT2D eigenvalue weighted by atomic mass is 9.94. The van der Waals surface area contributed by atoms with E-state index >= 15 is 0 Å². The van der Waals surface area contributed by atoms with E-state index in [2.05, 4.69) is 44.1 Å². The van der Waals surface area contributed by atoms with Crippen LogP contribution in [0.3, 0.4) is 0 Å².